The lowest BCUT2D eigenvalue weighted by Gasteiger charge is -2.02. The van der Waals surface area contributed by atoms with E-state index in [0.29, 0.717) is 0 Å². The minimum atomic E-state index is 1.15. The molecule has 2 heterocycles. The quantitative estimate of drug-likeness (QED) is 0.472. The Morgan fingerprint density at radius 2 is 0.917 bits per heavy atom. The van der Waals surface area contributed by atoms with E-state index < -0.39 is 0 Å². The van der Waals surface area contributed by atoms with E-state index in [1.807, 2.05) is 0 Å². The average Bonchev–Trinajstić information content (AvgIpc) is 2.56. The highest BCUT2D eigenvalue weighted by molar-refractivity contribution is 5.17. The zero-order chi connectivity index (χ0) is 17.4. The number of pyridine rings is 2. The summed E-state index contributed by atoms with van der Waals surface area (Å²) in [6, 6.07) is 4.44. The summed E-state index contributed by atoms with van der Waals surface area (Å²) >= 11 is 0. The molecule has 0 fully saturated rings. The van der Waals surface area contributed by atoms with Crippen LogP contribution in [0.2, 0.25) is 0 Å². The molecule has 0 aliphatic rings. The molecular weight excluding hydrogens is 292 g/mol. The van der Waals surface area contributed by atoms with E-state index in [0.717, 1.165) is 13.1 Å². The summed E-state index contributed by atoms with van der Waals surface area (Å²) in [5, 5.41) is 0. The second kappa shape index (κ2) is 9.56. The predicted octanol–water partition coefficient (Wildman–Crippen LogP) is 4.54. The highest BCUT2D eigenvalue weighted by Crippen LogP contribution is 2.07. The number of hydrogen-bond acceptors (Lipinski definition) is 0. The summed E-state index contributed by atoms with van der Waals surface area (Å²) in [6.07, 6.45) is 17.0. The van der Waals surface area contributed by atoms with Gasteiger partial charge in [-0.25, -0.2) is 9.13 Å². The van der Waals surface area contributed by atoms with E-state index >= 15 is 0 Å². The third-order valence-corrected chi connectivity index (χ3v) is 5.08. The first kappa shape index (κ1) is 18.6. The fourth-order valence-electron chi connectivity index (χ4n) is 3.04. The first-order valence-corrected chi connectivity index (χ1v) is 9.49. The molecule has 2 nitrogen and oxygen atoms in total. The van der Waals surface area contributed by atoms with Crippen molar-refractivity contribution in [2.45, 2.75) is 79.3 Å². The third kappa shape index (κ3) is 6.07. The number of hydrogen-bond donors (Lipinski definition) is 0. The van der Waals surface area contributed by atoms with Gasteiger partial charge in [0.15, 0.2) is 24.8 Å². The Hall–Kier alpha value is -1.70. The molecular formula is C22H34N2+2. The molecule has 0 bridgehead atoms. The summed E-state index contributed by atoms with van der Waals surface area (Å²) in [5.41, 5.74) is 5.54. The maximum atomic E-state index is 2.33. The van der Waals surface area contributed by atoms with Crippen LogP contribution in [0.15, 0.2) is 36.9 Å². The molecule has 130 valence electrons. The standard InChI is InChI=1S/C22H34N2/c1-19-11-15-23(17-21(19)3)13-9-7-5-6-8-10-14-24-16-12-20(2)22(4)18-24/h11-12,15-18H,5-10,13-14H2,1-4H3/q+2. The molecule has 0 aliphatic carbocycles. The maximum absolute atomic E-state index is 2.33. The van der Waals surface area contributed by atoms with Gasteiger partial charge in [-0.15, -0.1) is 0 Å². The van der Waals surface area contributed by atoms with E-state index in [1.54, 1.807) is 0 Å². The fourth-order valence-corrected chi connectivity index (χ4v) is 3.04. The Kier molecular flexibility index (Phi) is 7.42. The van der Waals surface area contributed by atoms with Gasteiger partial charge in [0.25, 0.3) is 0 Å². The molecule has 0 aliphatic heterocycles. The zero-order valence-corrected chi connectivity index (χ0v) is 16.0. The molecule has 2 rings (SSSR count). The summed E-state index contributed by atoms with van der Waals surface area (Å²) in [5.74, 6) is 0. The molecule has 0 N–H and O–H groups in total. The van der Waals surface area contributed by atoms with Crippen LogP contribution in [0, 0.1) is 27.7 Å². The topological polar surface area (TPSA) is 7.76 Å². The molecule has 24 heavy (non-hydrogen) atoms. The van der Waals surface area contributed by atoms with E-state index in [-0.39, 0.29) is 0 Å². The number of nitrogens with zero attached hydrogens (tertiary/aromatic N) is 2. The van der Waals surface area contributed by atoms with Gasteiger partial charge in [-0.3, -0.25) is 0 Å². The number of aryl methyl sites for hydroxylation is 6. The van der Waals surface area contributed by atoms with E-state index in [2.05, 4.69) is 73.7 Å². The van der Waals surface area contributed by atoms with E-state index in [1.165, 1.54) is 60.8 Å². The van der Waals surface area contributed by atoms with Gasteiger partial charge < -0.3 is 0 Å². The predicted molar refractivity (Wildman–Crippen MR) is 99.9 cm³/mol. The summed E-state index contributed by atoms with van der Waals surface area (Å²) in [7, 11) is 0. The second-order valence-electron chi connectivity index (χ2n) is 7.22. The zero-order valence-electron chi connectivity index (χ0n) is 16.0. The monoisotopic (exact) mass is 326 g/mol. The molecule has 0 saturated carbocycles. The molecule has 2 heteroatoms. The normalized spacial score (nSPS) is 11.0. The van der Waals surface area contributed by atoms with Crippen molar-refractivity contribution in [2.75, 3.05) is 0 Å². The van der Waals surface area contributed by atoms with Gasteiger partial charge in [-0.1, -0.05) is 12.8 Å². The largest absolute Gasteiger partial charge is 0.205 e. The molecule has 2 aromatic heterocycles. The first-order valence-electron chi connectivity index (χ1n) is 9.49. The molecule has 2 aromatic rings. The molecule has 0 saturated heterocycles. The van der Waals surface area contributed by atoms with Crippen LogP contribution in [0.5, 0.6) is 0 Å². The Morgan fingerprint density at radius 1 is 0.542 bits per heavy atom. The van der Waals surface area contributed by atoms with E-state index in [9.17, 15) is 0 Å². The van der Waals surface area contributed by atoms with Gasteiger partial charge in [0.1, 0.15) is 13.1 Å². The van der Waals surface area contributed by atoms with Crippen LogP contribution in [0.25, 0.3) is 0 Å². The summed E-state index contributed by atoms with van der Waals surface area (Å²) in [6.45, 7) is 11.0. The van der Waals surface area contributed by atoms with Gasteiger partial charge >= 0.3 is 0 Å². The fraction of sp³-hybridized carbons (Fsp3) is 0.545. The second-order valence-corrected chi connectivity index (χ2v) is 7.22. The minimum Gasteiger partial charge on any atom is -0.205 e. The summed E-state index contributed by atoms with van der Waals surface area (Å²) in [4.78, 5) is 0. The van der Waals surface area contributed by atoms with Crippen LogP contribution in [0.1, 0.15) is 60.8 Å². The number of rotatable bonds is 9. The number of unbranched alkanes of at least 4 members (excludes halogenated alkanes) is 5. The Bertz CT molecular complexity index is 589. The van der Waals surface area contributed by atoms with Crippen LogP contribution in [0.4, 0.5) is 0 Å². The first-order chi connectivity index (χ1) is 11.6. The van der Waals surface area contributed by atoms with Crippen LogP contribution < -0.4 is 9.13 Å². The van der Waals surface area contributed by atoms with Crippen molar-refractivity contribution in [1.82, 2.24) is 0 Å². The van der Waals surface area contributed by atoms with Crippen LogP contribution >= 0.6 is 0 Å². The van der Waals surface area contributed by atoms with Crippen molar-refractivity contribution in [3.63, 3.8) is 0 Å². The lowest BCUT2D eigenvalue weighted by atomic mass is 10.1. The average molecular weight is 327 g/mol. The van der Waals surface area contributed by atoms with Gasteiger partial charge in [-0.05, 0) is 51.7 Å². The lowest BCUT2D eigenvalue weighted by molar-refractivity contribution is -0.698. The minimum absolute atomic E-state index is 1.15. The van der Waals surface area contributed by atoms with Crippen molar-refractivity contribution in [3.8, 4) is 0 Å². The van der Waals surface area contributed by atoms with E-state index in [4.69, 9.17) is 0 Å². The molecule has 0 unspecified atom stereocenters. The third-order valence-electron chi connectivity index (χ3n) is 5.08. The Labute approximate surface area is 148 Å². The van der Waals surface area contributed by atoms with Gasteiger partial charge in [0.05, 0.1) is 0 Å². The van der Waals surface area contributed by atoms with Gasteiger partial charge in [-0.2, -0.15) is 0 Å². The highest BCUT2D eigenvalue weighted by Gasteiger charge is 2.04. The molecule has 0 spiro atoms. The Morgan fingerprint density at radius 3 is 1.29 bits per heavy atom. The highest BCUT2D eigenvalue weighted by atomic mass is 14.9. The van der Waals surface area contributed by atoms with Crippen LogP contribution in [-0.4, -0.2) is 0 Å². The maximum Gasteiger partial charge on any atom is 0.171 e. The molecule has 0 radical (unpaired) electrons. The van der Waals surface area contributed by atoms with Crippen molar-refractivity contribution < 1.29 is 9.13 Å². The van der Waals surface area contributed by atoms with Crippen LogP contribution in [0.3, 0.4) is 0 Å². The van der Waals surface area contributed by atoms with Gasteiger partial charge in [0.2, 0.25) is 0 Å². The molecule has 0 aromatic carbocycles. The number of aromatic nitrogens is 2. The smallest absolute Gasteiger partial charge is 0.171 e. The van der Waals surface area contributed by atoms with Crippen molar-refractivity contribution in [3.05, 3.63) is 59.2 Å². The lowest BCUT2D eigenvalue weighted by Crippen LogP contribution is -2.33. The van der Waals surface area contributed by atoms with Crippen molar-refractivity contribution in [2.24, 2.45) is 0 Å². The summed E-state index contributed by atoms with van der Waals surface area (Å²) < 4.78 is 4.66. The van der Waals surface area contributed by atoms with Crippen molar-refractivity contribution >= 4 is 0 Å². The SMILES string of the molecule is Cc1cc[n+](CCCCCCCC[n+]2ccc(C)c(C)c2)cc1C. The van der Waals surface area contributed by atoms with Crippen LogP contribution in [-0.2, 0) is 13.1 Å². The molecule has 0 atom stereocenters. The Balaban J connectivity index is 1.53. The van der Waals surface area contributed by atoms with Crippen molar-refractivity contribution in [1.29, 1.82) is 0 Å². The molecule has 0 amide bonds. The van der Waals surface area contributed by atoms with Gasteiger partial charge in [0, 0.05) is 36.1 Å².